The highest BCUT2D eigenvalue weighted by Crippen LogP contribution is 2.33. The first-order chi connectivity index (χ1) is 17.6. The Hall–Kier alpha value is -3.96. The van der Waals surface area contributed by atoms with E-state index in [-0.39, 0.29) is 35.6 Å². The standard InChI is InChI=1S/C26H29N5O5S/c1-19(21-6-4-3-5-7-21)27-25-18-23(10-13-26(25)31(33)34)29-14-16-30(17-15-29)37(35,36)24-11-8-22(9-12-24)28-20(2)32/h3-13,18-19,27H,14-17H2,1-2H3,(H,28,32)/t19-/m0/s1. The molecule has 0 radical (unpaired) electrons. The van der Waals surface area contributed by atoms with E-state index in [0.29, 0.717) is 24.5 Å². The second kappa shape index (κ2) is 11.0. The van der Waals surface area contributed by atoms with Gasteiger partial charge in [0.25, 0.3) is 5.69 Å². The molecule has 0 saturated carbocycles. The Bertz CT molecular complexity index is 1370. The summed E-state index contributed by atoms with van der Waals surface area (Å²) < 4.78 is 27.7. The maximum atomic E-state index is 13.1. The van der Waals surface area contributed by atoms with Gasteiger partial charge in [-0.05, 0) is 48.9 Å². The van der Waals surface area contributed by atoms with Gasteiger partial charge in [0.2, 0.25) is 15.9 Å². The molecular formula is C26H29N5O5S. The van der Waals surface area contributed by atoms with Gasteiger partial charge in [0, 0.05) is 56.6 Å². The molecule has 10 nitrogen and oxygen atoms in total. The van der Waals surface area contributed by atoms with Crippen LogP contribution in [0.2, 0.25) is 0 Å². The van der Waals surface area contributed by atoms with E-state index < -0.39 is 14.9 Å². The average Bonchev–Trinajstić information content (AvgIpc) is 2.89. The lowest BCUT2D eigenvalue weighted by molar-refractivity contribution is -0.384. The molecule has 0 spiro atoms. The summed E-state index contributed by atoms with van der Waals surface area (Å²) in [5.41, 5.74) is 2.71. The van der Waals surface area contributed by atoms with E-state index in [1.54, 1.807) is 24.3 Å². The molecule has 3 aromatic carbocycles. The largest absolute Gasteiger partial charge is 0.373 e. The van der Waals surface area contributed by atoms with Crippen LogP contribution >= 0.6 is 0 Å². The molecule has 2 N–H and O–H groups in total. The summed E-state index contributed by atoms with van der Waals surface area (Å²) in [6.45, 7) is 4.76. The molecule has 0 aliphatic carbocycles. The van der Waals surface area contributed by atoms with Crippen molar-refractivity contribution >= 4 is 38.7 Å². The van der Waals surface area contributed by atoms with Crippen LogP contribution in [-0.2, 0) is 14.8 Å². The van der Waals surface area contributed by atoms with Crippen LogP contribution in [0.4, 0.5) is 22.7 Å². The van der Waals surface area contributed by atoms with Crippen molar-refractivity contribution in [1.82, 2.24) is 4.31 Å². The van der Waals surface area contributed by atoms with Gasteiger partial charge in [-0.3, -0.25) is 14.9 Å². The van der Waals surface area contributed by atoms with Crippen LogP contribution in [0.5, 0.6) is 0 Å². The summed E-state index contributed by atoms with van der Waals surface area (Å²) in [7, 11) is -3.69. The van der Waals surface area contributed by atoms with Gasteiger partial charge < -0.3 is 15.5 Å². The molecule has 37 heavy (non-hydrogen) atoms. The molecular weight excluding hydrogens is 494 g/mol. The molecule has 1 saturated heterocycles. The van der Waals surface area contributed by atoms with Crippen LogP contribution < -0.4 is 15.5 Å². The van der Waals surface area contributed by atoms with Crippen molar-refractivity contribution in [3.63, 3.8) is 0 Å². The molecule has 11 heteroatoms. The number of hydrogen-bond donors (Lipinski definition) is 2. The number of benzene rings is 3. The Balaban J connectivity index is 1.47. The predicted molar refractivity (Wildman–Crippen MR) is 143 cm³/mol. The molecule has 3 aromatic rings. The van der Waals surface area contributed by atoms with Crippen LogP contribution in [0.1, 0.15) is 25.5 Å². The summed E-state index contributed by atoms with van der Waals surface area (Å²) in [6, 6.07) is 20.5. The van der Waals surface area contributed by atoms with Crippen molar-refractivity contribution in [3.05, 3.63) is 88.5 Å². The number of carbonyl (C=O) groups is 1. The topological polar surface area (TPSA) is 125 Å². The molecule has 1 heterocycles. The number of rotatable bonds is 8. The Morgan fingerprint density at radius 2 is 1.62 bits per heavy atom. The number of nitrogens with zero attached hydrogens (tertiary/aromatic N) is 3. The Morgan fingerprint density at radius 3 is 2.22 bits per heavy atom. The molecule has 1 aliphatic rings. The van der Waals surface area contributed by atoms with E-state index in [4.69, 9.17) is 0 Å². The molecule has 0 bridgehead atoms. The Kier molecular flexibility index (Phi) is 7.74. The molecule has 1 aliphatic heterocycles. The lowest BCUT2D eigenvalue weighted by Crippen LogP contribution is -2.48. The third-order valence-corrected chi connectivity index (χ3v) is 8.18. The average molecular weight is 524 g/mol. The van der Waals surface area contributed by atoms with Crippen LogP contribution in [0.3, 0.4) is 0 Å². The number of sulfonamides is 1. The fourth-order valence-electron chi connectivity index (χ4n) is 4.30. The molecule has 194 valence electrons. The summed E-state index contributed by atoms with van der Waals surface area (Å²) in [6.07, 6.45) is 0. The number of carbonyl (C=O) groups excluding carboxylic acids is 1. The predicted octanol–water partition coefficient (Wildman–Crippen LogP) is 4.24. The van der Waals surface area contributed by atoms with E-state index in [0.717, 1.165) is 11.3 Å². The number of amides is 1. The smallest absolute Gasteiger partial charge is 0.292 e. The van der Waals surface area contributed by atoms with Gasteiger partial charge in [0.15, 0.2) is 0 Å². The van der Waals surface area contributed by atoms with Crippen molar-refractivity contribution in [2.24, 2.45) is 0 Å². The van der Waals surface area contributed by atoms with Crippen molar-refractivity contribution in [2.75, 3.05) is 41.7 Å². The second-order valence-corrected chi connectivity index (χ2v) is 10.8. The minimum atomic E-state index is -3.69. The molecule has 4 rings (SSSR count). The fraction of sp³-hybridized carbons (Fsp3) is 0.269. The highest BCUT2D eigenvalue weighted by atomic mass is 32.2. The minimum absolute atomic E-state index is 0.0181. The number of hydrogen-bond acceptors (Lipinski definition) is 7. The molecule has 1 atom stereocenters. The Morgan fingerprint density at radius 1 is 0.973 bits per heavy atom. The van der Waals surface area contributed by atoms with Crippen LogP contribution in [0.25, 0.3) is 0 Å². The van der Waals surface area contributed by atoms with Crippen molar-refractivity contribution in [2.45, 2.75) is 24.8 Å². The van der Waals surface area contributed by atoms with E-state index in [1.165, 1.54) is 29.4 Å². The first-order valence-electron chi connectivity index (χ1n) is 11.9. The van der Waals surface area contributed by atoms with Crippen molar-refractivity contribution in [3.8, 4) is 0 Å². The van der Waals surface area contributed by atoms with Crippen LogP contribution in [0, 0.1) is 10.1 Å². The lowest BCUT2D eigenvalue weighted by atomic mass is 10.1. The number of nitro groups is 1. The maximum Gasteiger partial charge on any atom is 0.292 e. The van der Waals surface area contributed by atoms with E-state index >= 15 is 0 Å². The zero-order valence-corrected chi connectivity index (χ0v) is 21.4. The third kappa shape index (κ3) is 6.07. The lowest BCUT2D eigenvalue weighted by Gasteiger charge is -2.35. The van der Waals surface area contributed by atoms with Gasteiger partial charge in [-0.25, -0.2) is 8.42 Å². The van der Waals surface area contributed by atoms with E-state index in [9.17, 15) is 23.3 Å². The number of piperazine rings is 1. The first kappa shape index (κ1) is 26.1. The minimum Gasteiger partial charge on any atom is -0.373 e. The molecule has 0 aromatic heterocycles. The summed E-state index contributed by atoms with van der Waals surface area (Å²) >= 11 is 0. The van der Waals surface area contributed by atoms with Gasteiger partial charge in [-0.2, -0.15) is 4.31 Å². The quantitative estimate of drug-likeness (QED) is 0.334. The van der Waals surface area contributed by atoms with Gasteiger partial charge in [-0.1, -0.05) is 30.3 Å². The SMILES string of the molecule is CC(=O)Nc1ccc(S(=O)(=O)N2CCN(c3ccc([N+](=O)[O-])c(N[C@@H](C)c4ccccc4)c3)CC2)cc1. The fourth-order valence-corrected chi connectivity index (χ4v) is 5.73. The van der Waals surface area contributed by atoms with Crippen molar-refractivity contribution in [1.29, 1.82) is 0 Å². The van der Waals surface area contributed by atoms with Gasteiger partial charge in [0.05, 0.1) is 9.82 Å². The van der Waals surface area contributed by atoms with Crippen LogP contribution in [-0.4, -0.2) is 49.7 Å². The molecule has 1 fully saturated rings. The highest BCUT2D eigenvalue weighted by Gasteiger charge is 2.29. The third-order valence-electron chi connectivity index (χ3n) is 6.26. The summed E-state index contributed by atoms with van der Waals surface area (Å²) in [5, 5.41) is 17.5. The zero-order valence-electron chi connectivity index (χ0n) is 20.6. The second-order valence-electron chi connectivity index (χ2n) is 8.83. The van der Waals surface area contributed by atoms with Gasteiger partial charge in [0.1, 0.15) is 5.69 Å². The highest BCUT2D eigenvalue weighted by molar-refractivity contribution is 7.89. The van der Waals surface area contributed by atoms with E-state index in [2.05, 4.69) is 10.6 Å². The van der Waals surface area contributed by atoms with Gasteiger partial charge in [-0.15, -0.1) is 0 Å². The number of nitrogens with one attached hydrogen (secondary N) is 2. The first-order valence-corrected chi connectivity index (χ1v) is 13.3. The summed E-state index contributed by atoms with van der Waals surface area (Å²) in [5.74, 6) is -0.231. The maximum absolute atomic E-state index is 13.1. The van der Waals surface area contributed by atoms with Crippen molar-refractivity contribution < 1.29 is 18.1 Å². The summed E-state index contributed by atoms with van der Waals surface area (Å²) in [4.78, 5) is 24.6. The number of nitro benzene ring substituents is 1. The zero-order chi connectivity index (χ0) is 26.6. The van der Waals surface area contributed by atoms with Gasteiger partial charge >= 0.3 is 0 Å². The van der Waals surface area contributed by atoms with E-state index in [1.807, 2.05) is 42.2 Å². The molecule has 0 unspecified atom stereocenters. The number of anilines is 3. The molecule has 1 amide bonds. The monoisotopic (exact) mass is 523 g/mol. The van der Waals surface area contributed by atoms with Crippen LogP contribution in [0.15, 0.2) is 77.7 Å². The Labute approximate surface area is 216 Å². The normalized spacial score (nSPS) is 15.1.